The molecular weight excluding hydrogens is 330 g/mol. The van der Waals surface area contributed by atoms with Gasteiger partial charge in [0.1, 0.15) is 11.6 Å². The van der Waals surface area contributed by atoms with Crippen LogP contribution >= 0.6 is 0 Å². The monoisotopic (exact) mass is 360 g/mol. The molecule has 0 fully saturated rings. The molecule has 9 nitrogen and oxygen atoms in total. The summed E-state index contributed by atoms with van der Waals surface area (Å²) < 4.78 is 10.0. The smallest absolute Gasteiger partial charge is 0.408 e. The van der Waals surface area contributed by atoms with E-state index in [2.05, 4.69) is 10.5 Å². The average molecular weight is 360 g/mol. The fraction of sp³-hybridized carbons (Fsp3) is 0.812. The number of carbonyl (C=O) groups excluding carboxylic acids is 2. The van der Waals surface area contributed by atoms with Gasteiger partial charge in [-0.3, -0.25) is 0 Å². The standard InChI is InChI=1S/C16H31N3O6/c1-8-19(9-2)14(21)18-24-10-23-13(20)12(11(3)4)17-15(22)25-16(5,6)7/h11-12H,8-10H2,1-7H3,(H,17,22)(H,18,21)/p-1/t12-/m0/s1. The number of ether oxygens (including phenoxy) is 2. The molecule has 0 radical (unpaired) electrons. The summed E-state index contributed by atoms with van der Waals surface area (Å²) >= 11 is 0. The van der Waals surface area contributed by atoms with Crippen molar-refractivity contribution in [1.82, 2.24) is 10.2 Å². The molecule has 25 heavy (non-hydrogen) atoms. The third-order valence-corrected chi connectivity index (χ3v) is 3.02. The molecule has 0 spiro atoms. The highest BCUT2D eigenvalue weighted by Gasteiger charge is 2.28. The van der Waals surface area contributed by atoms with Gasteiger partial charge in [-0.15, -0.1) is 0 Å². The Morgan fingerprint density at radius 1 is 1.20 bits per heavy atom. The largest absolute Gasteiger partial charge is 0.844 e. The molecule has 0 heterocycles. The summed E-state index contributed by atoms with van der Waals surface area (Å²) in [5.41, 5.74) is -0.678. The van der Waals surface area contributed by atoms with Crippen LogP contribution in [0.1, 0.15) is 48.5 Å². The van der Waals surface area contributed by atoms with Crippen LogP contribution in [0.3, 0.4) is 0 Å². The Hall–Kier alpha value is -2.19. The Labute approximate surface area is 149 Å². The average Bonchev–Trinajstić information content (AvgIpc) is 2.48. The topological polar surface area (TPSA) is 113 Å². The first kappa shape index (κ1) is 22.8. The van der Waals surface area contributed by atoms with E-state index in [0.717, 1.165) is 0 Å². The minimum absolute atomic E-state index is 0.228. The van der Waals surface area contributed by atoms with Gasteiger partial charge in [-0.05, 0) is 40.5 Å². The van der Waals surface area contributed by atoms with Crippen LogP contribution in [0.2, 0.25) is 0 Å². The molecule has 1 atom stereocenters. The molecule has 146 valence electrons. The summed E-state index contributed by atoms with van der Waals surface area (Å²) in [6.45, 7) is 12.8. The molecule has 1 amide bonds. The SMILES string of the molecule is CCN(CC)/C([O-])=N/OCOC(=O)[C@@H](NC(=O)OC(C)(C)C)C(C)C. The van der Waals surface area contributed by atoms with Crippen molar-refractivity contribution < 1.29 is 29.0 Å². The zero-order valence-corrected chi connectivity index (χ0v) is 16.1. The highest BCUT2D eigenvalue weighted by atomic mass is 16.8. The second-order valence-corrected chi connectivity index (χ2v) is 6.62. The Morgan fingerprint density at radius 2 is 1.76 bits per heavy atom. The maximum Gasteiger partial charge on any atom is 0.408 e. The lowest BCUT2D eigenvalue weighted by atomic mass is 10.1. The maximum atomic E-state index is 12.1. The summed E-state index contributed by atoms with van der Waals surface area (Å²) in [7, 11) is 0. The number of carbonyl (C=O) groups is 2. The summed E-state index contributed by atoms with van der Waals surface area (Å²) in [5.74, 6) is -0.930. The minimum atomic E-state index is -0.906. The van der Waals surface area contributed by atoms with Crippen LogP contribution < -0.4 is 10.4 Å². The fourth-order valence-electron chi connectivity index (χ4n) is 1.74. The van der Waals surface area contributed by atoms with Gasteiger partial charge < -0.3 is 29.6 Å². The summed E-state index contributed by atoms with van der Waals surface area (Å²) in [6, 6.07) is -1.45. The zero-order valence-electron chi connectivity index (χ0n) is 16.1. The molecule has 0 aliphatic carbocycles. The molecule has 0 aromatic rings. The van der Waals surface area contributed by atoms with Crippen molar-refractivity contribution in [3.8, 4) is 0 Å². The van der Waals surface area contributed by atoms with Gasteiger partial charge >= 0.3 is 12.1 Å². The van der Waals surface area contributed by atoms with Crippen molar-refractivity contribution in [2.24, 2.45) is 11.1 Å². The first-order chi connectivity index (χ1) is 11.5. The van der Waals surface area contributed by atoms with Gasteiger partial charge in [0.25, 0.3) is 6.79 Å². The molecule has 0 rings (SSSR count). The van der Waals surface area contributed by atoms with E-state index < -0.39 is 36.5 Å². The predicted octanol–water partition coefficient (Wildman–Crippen LogP) is 1.03. The van der Waals surface area contributed by atoms with Gasteiger partial charge in [0.15, 0.2) is 0 Å². The minimum Gasteiger partial charge on any atom is -0.844 e. The van der Waals surface area contributed by atoms with Gasteiger partial charge in [-0.2, -0.15) is 0 Å². The number of alkyl carbamates (subject to hydrolysis) is 1. The van der Waals surface area contributed by atoms with Gasteiger partial charge in [0.2, 0.25) is 0 Å². The summed E-state index contributed by atoms with van der Waals surface area (Å²) in [4.78, 5) is 30.0. The van der Waals surface area contributed by atoms with Crippen molar-refractivity contribution in [1.29, 1.82) is 0 Å². The van der Waals surface area contributed by atoms with Crippen LogP contribution in [-0.4, -0.2) is 54.5 Å². The second kappa shape index (κ2) is 10.6. The van der Waals surface area contributed by atoms with Gasteiger partial charge in [0, 0.05) is 13.1 Å². The predicted molar refractivity (Wildman–Crippen MR) is 90.4 cm³/mol. The number of esters is 1. The van der Waals surface area contributed by atoms with Gasteiger partial charge in [0.05, 0.1) is 6.02 Å². The molecular formula is C16H30N3O6-. The fourth-order valence-corrected chi connectivity index (χ4v) is 1.74. The Morgan fingerprint density at radius 3 is 2.20 bits per heavy atom. The van der Waals surface area contributed by atoms with Gasteiger partial charge in [-0.1, -0.05) is 19.0 Å². The van der Waals surface area contributed by atoms with Crippen LogP contribution in [-0.2, 0) is 19.1 Å². The third kappa shape index (κ3) is 9.63. The Bertz CT molecular complexity index is 455. The van der Waals surface area contributed by atoms with Crippen molar-refractivity contribution in [3.05, 3.63) is 0 Å². The number of amides is 1. The molecule has 0 aromatic heterocycles. The first-order valence-electron chi connectivity index (χ1n) is 8.29. The van der Waals surface area contributed by atoms with E-state index in [4.69, 9.17) is 14.3 Å². The van der Waals surface area contributed by atoms with Crippen LogP contribution in [0, 0.1) is 5.92 Å². The first-order valence-corrected chi connectivity index (χ1v) is 8.29. The lowest BCUT2D eigenvalue weighted by molar-refractivity contribution is -0.241. The molecule has 1 N–H and O–H groups in total. The molecule has 9 heteroatoms. The molecule has 0 unspecified atom stereocenters. The molecule has 0 saturated heterocycles. The van der Waals surface area contributed by atoms with E-state index in [-0.39, 0.29) is 5.92 Å². The van der Waals surface area contributed by atoms with Gasteiger partial charge in [-0.25, -0.2) is 9.59 Å². The number of hydrogen-bond acceptors (Lipinski definition) is 7. The number of nitrogens with one attached hydrogen (secondary N) is 1. The van der Waals surface area contributed by atoms with E-state index >= 15 is 0 Å². The van der Waals surface area contributed by atoms with E-state index in [1.165, 1.54) is 4.90 Å². The van der Waals surface area contributed by atoms with E-state index in [1.807, 2.05) is 13.8 Å². The van der Waals surface area contributed by atoms with E-state index in [9.17, 15) is 14.7 Å². The second-order valence-electron chi connectivity index (χ2n) is 6.62. The third-order valence-electron chi connectivity index (χ3n) is 3.02. The zero-order chi connectivity index (χ0) is 19.6. The molecule has 0 aliphatic rings. The van der Waals surface area contributed by atoms with Crippen LogP contribution in [0.5, 0.6) is 0 Å². The number of hydrogen-bond donors (Lipinski definition) is 1. The molecule has 0 saturated carbocycles. The molecule has 0 bridgehead atoms. The van der Waals surface area contributed by atoms with Crippen molar-refractivity contribution in [2.45, 2.75) is 60.1 Å². The highest BCUT2D eigenvalue weighted by molar-refractivity contribution is 5.81. The van der Waals surface area contributed by atoms with Crippen molar-refractivity contribution in [2.75, 3.05) is 19.9 Å². The van der Waals surface area contributed by atoms with Crippen LogP contribution in [0.15, 0.2) is 5.16 Å². The lowest BCUT2D eigenvalue weighted by Gasteiger charge is -2.26. The number of oxime groups is 1. The van der Waals surface area contributed by atoms with Crippen molar-refractivity contribution in [3.63, 3.8) is 0 Å². The summed E-state index contributed by atoms with van der Waals surface area (Å²) in [6.07, 6.45) is -0.717. The normalized spacial score (nSPS) is 13.2. The van der Waals surface area contributed by atoms with Crippen LogP contribution in [0.25, 0.3) is 0 Å². The number of rotatable bonds is 8. The highest BCUT2D eigenvalue weighted by Crippen LogP contribution is 2.09. The number of amidine groups is 1. The van der Waals surface area contributed by atoms with Crippen LogP contribution in [0.4, 0.5) is 4.79 Å². The Balaban J connectivity index is 4.52. The quantitative estimate of drug-likeness (QED) is 0.172. The maximum absolute atomic E-state index is 12.1. The number of nitrogens with zero attached hydrogens (tertiary/aromatic N) is 2. The molecule has 0 aliphatic heterocycles. The lowest BCUT2D eigenvalue weighted by Crippen LogP contribution is -2.47. The summed E-state index contributed by atoms with van der Waals surface area (Å²) in [5, 5.41) is 17.4. The van der Waals surface area contributed by atoms with E-state index in [0.29, 0.717) is 13.1 Å². The molecule has 0 aromatic carbocycles. The van der Waals surface area contributed by atoms with E-state index in [1.54, 1.807) is 34.6 Å². The van der Waals surface area contributed by atoms with Crippen molar-refractivity contribution >= 4 is 18.1 Å². The Kier molecular flexibility index (Phi) is 9.70.